The molecule has 1 heterocycles. The number of carbonyl (C=O) groups is 1. The van der Waals surface area contributed by atoms with Gasteiger partial charge in [-0.05, 0) is 35.9 Å². The Kier molecular flexibility index (Phi) is 4.89. The molecule has 0 aliphatic carbocycles. The van der Waals surface area contributed by atoms with Crippen LogP contribution in [0, 0.1) is 0 Å². The van der Waals surface area contributed by atoms with Crippen LogP contribution in [0.4, 0.5) is 0 Å². The first kappa shape index (κ1) is 17.9. The number of H-pyrrole nitrogens is 1. The minimum atomic E-state index is -0.262. The Morgan fingerprint density at radius 1 is 1.12 bits per heavy atom. The topological polar surface area (TPSA) is 63.3 Å². The number of hydrogen-bond acceptors (Lipinski definition) is 3. The van der Waals surface area contributed by atoms with Crippen molar-refractivity contribution in [2.45, 2.75) is 19.3 Å². The van der Waals surface area contributed by atoms with Gasteiger partial charge in [-0.15, -0.1) is 0 Å². The van der Waals surface area contributed by atoms with Crippen molar-refractivity contribution < 1.29 is 14.3 Å². The van der Waals surface area contributed by atoms with E-state index in [-0.39, 0.29) is 11.3 Å². The average molecular weight is 352 g/mol. The largest absolute Gasteiger partial charge is 0.497 e. The van der Waals surface area contributed by atoms with E-state index in [1.807, 2.05) is 36.5 Å². The van der Waals surface area contributed by atoms with Gasteiger partial charge in [0, 0.05) is 29.1 Å². The Morgan fingerprint density at radius 2 is 1.88 bits per heavy atom. The highest BCUT2D eigenvalue weighted by Gasteiger charge is 2.25. The highest BCUT2D eigenvalue weighted by Crippen LogP contribution is 2.32. The minimum Gasteiger partial charge on any atom is -0.497 e. The third kappa shape index (κ3) is 3.38. The van der Waals surface area contributed by atoms with E-state index in [2.05, 4.69) is 24.1 Å². The van der Waals surface area contributed by atoms with Crippen LogP contribution in [0.2, 0.25) is 0 Å². The van der Waals surface area contributed by atoms with Gasteiger partial charge in [-0.1, -0.05) is 26.0 Å². The highest BCUT2D eigenvalue weighted by atomic mass is 16.5. The summed E-state index contributed by atoms with van der Waals surface area (Å²) in [6.45, 7) is 4.71. The Labute approximate surface area is 153 Å². The Balaban J connectivity index is 1.82. The van der Waals surface area contributed by atoms with Crippen molar-refractivity contribution in [1.29, 1.82) is 0 Å². The van der Waals surface area contributed by atoms with E-state index in [9.17, 15) is 4.79 Å². The number of para-hydroxylation sites is 1. The van der Waals surface area contributed by atoms with E-state index in [4.69, 9.17) is 9.47 Å². The fourth-order valence-corrected chi connectivity index (χ4v) is 3.11. The third-order valence-electron chi connectivity index (χ3n) is 4.66. The summed E-state index contributed by atoms with van der Waals surface area (Å²) < 4.78 is 10.6. The zero-order valence-electron chi connectivity index (χ0n) is 15.6. The first-order valence-corrected chi connectivity index (χ1v) is 8.53. The summed E-state index contributed by atoms with van der Waals surface area (Å²) in [6, 6.07) is 13.2. The van der Waals surface area contributed by atoms with E-state index in [1.165, 1.54) is 0 Å². The van der Waals surface area contributed by atoms with Crippen LogP contribution >= 0.6 is 0 Å². The fourth-order valence-electron chi connectivity index (χ4n) is 3.11. The molecule has 0 atom stereocenters. The zero-order chi connectivity index (χ0) is 18.7. The maximum Gasteiger partial charge on any atom is 0.255 e. The van der Waals surface area contributed by atoms with Crippen molar-refractivity contribution in [3.8, 4) is 11.5 Å². The van der Waals surface area contributed by atoms with Gasteiger partial charge in [0.05, 0.1) is 19.8 Å². The minimum absolute atomic E-state index is 0.145. The number of fused-ring (bicyclic) bond motifs is 1. The molecule has 1 aromatic heterocycles. The van der Waals surface area contributed by atoms with Crippen molar-refractivity contribution >= 4 is 16.8 Å². The van der Waals surface area contributed by atoms with E-state index < -0.39 is 0 Å². The van der Waals surface area contributed by atoms with Crippen molar-refractivity contribution in [1.82, 2.24) is 10.3 Å². The summed E-state index contributed by atoms with van der Waals surface area (Å²) >= 11 is 0. The molecule has 0 bridgehead atoms. The van der Waals surface area contributed by atoms with Crippen molar-refractivity contribution in [3.63, 3.8) is 0 Å². The van der Waals surface area contributed by atoms with Gasteiger partial charge in [-0.2, -0.15) is 0 Å². The molecule has 26 heavy (non-hydrogen) atoms. The van der Waals surface area contributed by atoms with E-state index in [1.54, 1.807) is 26.4 Å². The molecular weight excluding hydrogens is 328 g/mol. The molecule has 3 rings (SSSR count). The first-order chi connectivity index (χ1) is 12.5. The van der Waals surface area contributed by atoms with Crippen molar-refractivity contribution in [2.75, 3.05) is 20.8 Å². The second-order valence-corrected chi connectivity index (χ2v) is 6.88. The number of methoxy groups -OCH3 is 2. The number of aromatic amines is 1. The highest BCUT2D eigenvalue weighted by molar-refractivity contribution is 5.97. The number of ether oxygens (including phenoxy) is 2. The molecule has 2 aromatic carbocycles. The van der Waals surface area contributed by atoms with E-state index in [0.717, 1.165) is 22.2 Å². The predicted molar refractivity (Wildman–Crippen MR) is 103 cm³/mol. The molecule has 1 amide bonds. The molecule has 0 fully saturated rings. The number of benzene rings is 2. The summed E-state index contributed by atoms with van der Waals surface area (Å²) in [5, 5.41) is 4.13. The second-order valence-electron chi connectivity index (χ2n) is 6.88. The zero-order valence-corrected chi connectivity index (χ0v) is 15.6. The number of rotatable bonds is 6. The average Bonchev–Trinajstić information content (AvgIpc) is 3.10. The maximum absolute atomic E-state index is 12.6. The molecule has 136 valence electrons. The quantitative estimate of drug-likeness (QED) is 0.707. The van der Waals surface area contributed by atoms with Crippen LogP contribution in [0.3, 0.4) is 0 Å². The molecule has 5 heteroatoms. The lowest BCUT2D eigenvalue weighted by molar-refractivity contribution is 0.0942. The van der Waals surface area contributed by atoms with E-state index >= 15 is 0 Å². The SMILES string of the molecule is COc1ccc2[nH]cc(C(C)(C)CNC(=O)c3ccccc3OC)c2c1. The van der Waals surface area contributed by atoms with Gasteiger partial charge in [0.1, 0.15) is 11.5 Å². The van der Waals surface area contributed by atoms with Gasteiger partial charge in [-0.25, -0.2) is 0 Å². The summed E-state index contributed by atoms with van der Waals surface area (Å²) in [5.41, 5.74) is 2.45. The van der Waals surface area contributed by atoms with Crippen LogP contribution in [0.25, 0.3) is 10.9 Å². The smallest absolute Gasteiger partial charge is 0.255 e. The maximum atomic E-state index is 12.6. The van der Waals surface area contributed by atoms with Gasteiger partial charge < -0.3 is 19.8 Å². The molecule has 0 aliphatic heterocycles. The molecule has 0 saturated heterocycles. The van der Waals surface area contributed by atoms with E-state index in [0.29, 0.717) is 17.9 Å². The lowest BCUT2D eigenvalue weighted by Crippen LogP contribution is -2.36. The molecular formula is C21H24N2O3. The number of aromatic nitrogens is 1. The van der Waals surface area contributed by atoms with Gasteiger partial charge in [0.25, 0.3) is 5.91 Å². The van der Waals surface area contributed by atoms with Gasteiger partial charge in [0.15, 0.2) is 0 Å². The number of carbonyl (C=O) groups excluding carboxylic acids is 1. The normalized spacial score (nSPS) is 11.4. The number of hydrogen-bond donors (Lipinski definition) is 2. The summed E-state index contributed by atoms with van der Waals surface area (Å²) in [4.78, 5) is 15.9. The predicted octanol–water partition coefficient (Wildman–Crippen LogP) is 3.89. The third-order valence-corrected chi connectivity index (χ3v) is 4.66. The van der Waals surface area contributed by atoms with Gasteiger partial charge in [-0.3, -0.25) is 4.79 Å². The monoisotopic (exact) mass is 352 g/mol. The van der Waals surface area contributed by atoms with Crippen LogP contribution in [-0.2, 0) is 5.41 Å². The van der Waals surface area contributed by atoms with Gasteiger partial charge in [0.2, 0.25) is 0 Å². The molecule has 2 N–H and O–H groups in total. The second kappa shape index (κ2) is 7.12. The van der Waals surface area contributed by atoms with Gasteiger partial charge >= 0.3 is 0 Å². The fraction of sp³-hybridized carbons (Fsp3) is 0.286. The van der Waals surface area contributed by atoms with Crippen LogP contribution < -0.4 is 14.8 Å². The molecule has 0 radical (unpaired) electrons. The van der Waals surface area contributed by atoms with Crippen LogP contribution in [0.1, 0.15) is 29.8 Å². The number of amides is 1. The summed E-state index contributed by atoms with van der Waals surface area (Å²) in [5.74, 6) is 1.24. The number of nitrogens with one attached hydrogen (secondary N) is 2. The summed E-state index contributed by atoms with van der Waals surface area (Å²) in [6.07, 6.45) is 2.00. The van der Waals surface area contributed by atoms with Crippen molar-refractivity contribution in [3.05, 3.63) is 59.8 Å². The Morgan fingerprint density at radius 3 is 2.62 bits per heavy atom. The molecule has 3 aromatic rings. The van der Waals surface area contributed by atoms with Crippen molar-refractivity contribution in [2.24, 2.45) is 0 Å². The van der Waals surface area contributed by atoms with Crippen LogP contribution in [0.5, 0.6) is 11.5 Å². The molecule has 0 saturated carbocycles. The Bertz CT molecular complexity index is 928. The van der Waals surface area contributed by atoms with Crippen LogP contribution in [0.15, 0.2) is 48.7 Å². The molecule has 0 spiro atoms. The van der Waals surface area contributed by atoms with Crippen LogP contribution in [-0.4, -0.2) is 31.7 Å². The molecule has 0 unspecified atom stereocenters. The molecule has 0 aliphatic rings. The summed E-state index contributed by atoms with van der Waals surface area (Å²) in [7, 11) is 3.22. The standard InChI is InChI=1S/C21H24N2O3/c1-21(2,13-23-20(24)15-7-5-6-8-19(15)26-4)17-12-22-18-10-9-14(25-3)11-16(17)18/h5-12,22H,13H2,1-4H3,(H,23,24). The lowest BCUT2D eigenvalue weighted by Gasteiger charge is -2.25. The molecule has 5 nitrogen and oxygen atoms in total. The Hall–Kier alpha value is -2.95. The lowest BCUT2D eigenvalue weighted by atomic mass is 9.84. The first-order valence-electron chi connectivity index (χ1n) is 8.53.